The molecule has 1 aromatic carbocycles. The first kappa shape index (κ1) is 14.4. The summed E-state index contributed by atoms with van der Waals surface area (Å²) in [6.07, 6.45) is 2.34. The van der Waals surface area contributed by atoms with Crippen LogP contribution in [0.1, 0.15) is 39.2 Å². The Labute approximate surface area is 120 Å². The molecule has 1 amide bonds. The number of carbonyl (C=O) groups excluding carboxylic acids is 1. The van der Waals surface area contributed by atoms with E-state index < -0.39 is 5.41 Å². The lowest BCUT2D eigenvalue weighted by molar-refractivity contribution is -0.138. The second kappa shape index (κ2) is 5.54. The van der Waals surface area contributed by atoms with E-state index in [4.69, 9.17) is 11.6 Å². The largest absolute Gasteiger partial charge is 0.342 e. The van der Waals surface area contributed by atoms with Crippen LogP contribution < -0.4 is 0 Å². The lowest BCUT2D eigenvalue weighted by Gasteiger charge is -2.37. The van der Waals surface area contributed by atoms with Gasteiger partial charge in [0.05, 0.1) is 5.41 Å². The topological polar surface area (TPSA) is 20.3 Å². The van der Waals surface area contributed by atoms with Crippen molar-refractivity contribution in [2.45, 2.75) is 39.0 Å². The lowest BCUT2D eigenvalue weighted by atomic mass is 9.82. The highest BCUT2D eigenvalue weighted by Gasteiger charge is 2.35. The van der Waals surface area contributed by atoms with Gasteiger partial charge in [-0.1, -0.05) is 30.7 Å². The Balaban J connectivity index is 2.18. The van der Waals surface area contributed by atoms with Gasteiger partial charge in [-0.25, -0.2) is 0 Å². The smallest absolute Gasteiger partial charge is 0.232 e. The van der Waals surface area contributed by atoms with E-state index in [-0.39, 0.29) is 5.91 Å². The maximum Gasteiger partial charge on any atom is 0.232 e. The van der Waals surface area contributed by atoms with Crippen LogP contribution in [0.15, 0.2) is 24.3 Å². The van der Waals surface area contributed by atoms with E-state index in [9.17, 15) is 4.79 Å². The second-order valence-electron chi connectivity index (χ2n) is 6.13. The highest BCUT2D eigenvalue weighted by atomic mass is 35.5. The summed E-state index contributed by atoms with van der Waals surface area (Å²) in [5.74, 6) is 0.833. The maximum atomic E-state index is 12.7. The molecule has 104 valence electrons. The highest BCUT2D eigenvalue weighted by molar-refractivity contribution is 6.30. The van der Waals surface area contributed by atoms with E-state index >= 15 is 0 Å². The Morgan fingerprint density at radius 3 is 2.53 bits per heavy atom. The van der Waals surface area contributed by atoms with Crippen LogP contribution in [0.5, 0.6) is 0 Å². The number of rotatable bonds is 2. The number of nitrogens with zero attached hydrogens (tertiary/aromatic N) is 1. The molecule has 1 saturated heterocycles. The Kier molecular flexibility index (Phi) is 4.19. The summed E-state index contributed by atoms with van der Waals surface area (Å²) < 4.78 is 0. The van der Waals surface area contributed by atoms with Gasteiger partial charge in [0, 0.05) is 18.1 Å². The number of carbonyl (C=O) groups is 1. The van der Waals surface area contributed by atoms with Gasteiger partial charge >= 0.3 is 0 Å². The first-order valence-electron chi connectivity index (χ1n) is 6.96. The van der Waals surface area contributed by atoms with Gasteiger partial charge in [0.2, 0.25) is 5.91 Å². The van der Waals surface area contributed by atoms with Crippen molar-refractivity contribution in [2.75, 3.05) is 13.1 Å². The minimum Gasteiger partial charge on any atom is -0.342 e. The van der Waals surface area contributed by atoms with Crippen molar-refractivity contribution in [3.63, 3.8) is 0 Å². The average Bonchev–Trinajstić information content (AvgIpc) is 2.38. The van der Waals surface area contributed by atoms with E-state index in [0.717, 1.165) is 25.1 Å². The molecule has 1 atom stereocenters. The molecule has 0 N–H and O–H groups in total. The zero-order valence-electron chi connectivity index (χ0n) is 11.9. The molecule has 0 aliphatic carbocycles. The highest BCUT2D eigenvalue weighted by Crippen LogP contribution is 2.29. The monoisotopic (exact) mass is 279 g/mol. The van der Waals surface area contributed by atoms with Gasteiger partial charge < -0.3 is 4.90 Å². The number of likely N-dealkylation sites (tertiary alicyclic amines) is 1. The molecule has 0 bridgehead atoms. The molecule has 2 nitrogen and oxygen atoms in total. The van der Waals surface area contributed by atoms with Crippen LogP contribution in [0.3, 0.4) is 0 Å². The SMILES string of the molecule is CC1CCCN(C(=O)C(C)(C)c2ccc(Cl)cc2)C1. The third-order valence-electron chi connectivity index (χ3n) is 4.04. The first-order chi connectivity index (χ1) is 8.91. The number of amides is 1. The fraction of sp³-hybridized carbons (Fsp3) is 0.562. The summed E-state index contributed by atoms with van der Waals surface area (Å²) in [6.45, 7) is 7.99. The van der Waals surface area contributed by atoms with Gasteiger partial charge in [-0.2, -0.15) is 0 Å². The van der Waals surface area contributed by atoms with Crippen molar-refractivity contribution in [1.82, 2.24) is 4.90 Å². The van der Waals surface area contributed by atoms with Crippen molar-refractivity contribution >= 4 is 17.5 Å². The second-order valence-corrected chi connectivity index (χ2v) is 6.57. The summed E-state index contributed by atoms with van der Waals surface area (Å²) in [6, 6.07) is 7.61. The van der Waals surface area contributed by atoms with E-state index in [1.54, 1.807) is 0 Å². The van der Waals surface area contributed by atoms with Gasteiger partial charge in [-0.3, -0.25) is 4.79 Å². The predicted octanol–water partition coefficient (Wildman–Crippen LogP) is 3.88. The summed E-state index contributed by atoms with van der Waals surface area (Å²) in [5.41, 5.74) is 0.543. The van der Waals surface area contributed by atoms with Crippen LogP contribution in [-0.2, 0) is 10.2 Å². The zero-order valence-corrected chi connectivity index (χ0v) is 12.7. The quantitative estimate of drug-likeness (QED) is 0.805. The molecule has 1 fully saturated rings. The summed E-state index contributed by atoms with van der Waals surface area (Å²) >= 11 is 5.91. The molecular weight excluding hydrogens is 258 g/mol. The van der Waals surface area contributed by atoms with Gasteiger partial charge in [-0.15, -0.1) is 0 Å². The van der Waals surface area contributed by atoms with E-state index in [1.165, 1.54) is 6.42 Å². The number of halogens is 1. The minimum atomic E-state index is -0.484. The van der Waals surface area contributed by atoms with Crippen LogP contribution in [0.25, 0.3) is 0 Å². The molecule has 0 saturated carbocycles. The normalized spacial score (nSPS) is 20.4. The lowest BCUT2D eigenvalue weighted by Crippen LogP contribution is -2.47. The molecule has 3 heteroatoms. The van der Waals surface area contributed by atoms with Gasteiger partial charge in [-0.05, 0) is 50.3 Å². The van der Waals surface area contributed by atoms with Gasteiger partial charge in [0.1, 0.15) is 0 Å². The van der Waals surface area contributed by atoms with Gasteiger partial charge in [0.15, 0.2) is 0 Å². The first-order valence-corrected chi connectivity index (χ1v) is 7.34. The van der Waals surface area contributed by atoms with Crippen molar-refractivity contribution in [3.05, 3.63) is 34.9 Å². The molecule has 1 aliphatic rings. The fourth-order valence-electron chi connectivity index (χ4n) is 2.76. The molecule has 19 heavy (non-hydrogen) atoms. The number of benzene rings is 1. The van der Waals surface area contributed by atoms with Crippen molar-refractivity contribution < 1.29 is 4.79 Å². The number of hydrogen-bond acceptors (Lipinski definition) is 1. The van der Waals surface area contributed by atoms with Crippen molar-refractivity contribution in [3.8, 4) is 0 Å². The predicted molar refractivity (Wildman–Crippen MR) is 79.5 cm³/mol. The summed E-state index contributed by atoms with van der Waals surface area (Å²) in [5, 5.41) is 0.707. The standard InChI is InChI=1S/C16H22ClNO/c1-12-5-4-10-18(11-12)15(19)16(2,3)13-6-8-14(17)9-7-13/h6-9,12H,4-5,10-11H2,1-3H3. The van der Waals surface area contributed by atoms with E-state index in [0.29, 0.717) is 10.9 Å². The number of piperidine rings is 1. The van der Waals surface area contributed by atoms with E-state index in [1.807, 2.05) is 43.0 Å². The Bertz CT molecular complexity index is 452. The van der Waals surface area contributed by atoms with Crippen LogP contribution in [0.4, 0.5) is 0 Å². The van der Waals surface area contributed by atoms with E-state index in [2.05, 4.69) is 6.92 Å². The zero-order chi connectivity index (χ0) is 14.0. The molecule has 1 unspecified atom stereocenters. The Hall–Kier alpha value is -1.02. The molecule has 0 radical (unpaired) electrons. The average molecular weight is 280 g/mol. The molecule has 0 aromatic heterocycles. The maximum absolute atomic E-state index is 12.7. The number of hydrogen-bond donors (Lipinski definition) is 0. The van der Waals surface area contributed by atoms with Gasteiger partial charge in [0.25, 0.3) is 0 Å². The fourth-order valence-corrected chi connectivity index (χ4v) is 2.89. The summed E-state index contributed by atoms with van der Waals surface area (Å²) in [4.78, 5) is 14.8. The van der Waals surface area contributed by atoms with Crippen LogP contribution >= 0.6 is 11.6 Å². The third kappa shape index (κ3) is 3.11. The molecular formula is C16H22ClNO. The molecule has 1 aromatic rings. The Morgan fingerprint density at radius 1 is 1.32 bits per heavy atom. The van der Waals surface area contributed by atoms with Crippen LogP contribution in [0.2, 0.25) is 5.02 Å². The third-order valence-corrected chi connectivity index (χ3v) is 4.30. The molecule has 1 heterocycles. The Morgan fingerprint density at radius 2 is 1.95 bits per heavy atom. The minimum absolute atomic E-state index is 0.223. The molecule has 0 spiro atoms. The van der Waals surface area contributed by atoms with Crippen LogP contribution in [-0.4, -0.2) is 23.9 Å². The molecule has 1 aliphatic heterocycles. The van der Waals surface area contributed by atoms with Crippen molar-refractivity contribution in [1.29, 1.82) is 0 Å². The van der Waals surface area contributed by atoms with Crippen molar-refractivity contribution in [2.24, 2.45) is 5.92 Å². The van der Waals surface area contributed by atoms with Crippen LogP contribution in [0, 0.1) is 5.92 Å². The molecule has 2 rings (SSSR count). The summed E-state index contributed by atoms with van der Waals surface area (Å²) in [7, 11) is 0.